The van der Waals surface area contributed by atoms with Crippen molar-refractivity contribution < 1.29 is 14.3 Å². The molecule has 0 saturated carbocycles. The molecule has 0 atom stereocenters. The molecule has 0 unspecified atom stereocenters. The number of nitrogens with one attached hydrogen (secondary N) is 1. The van der Waals surface area contributed by atoms with Crippen molar-refractivity contribution in [2.75, 3.05) is 0 Å². The highest BCUT2D eigenvalue weighted by Crippen LogP contribution is 2.23. The van der Waals surface area contributed by atoms with Crippen molar-refractivity contribution in [3.63, 3.8) is 0 Å². The molecule has 0 bridgehead atoms. The first kappa shape index (κ1) is 13.1. The molecule has 5 nitrogen and oxygen atoms in total. The lowest BCUT2D eigenvalue weighted by Crippen LogP contribution is -2.16. The molecule has 0 amide bonds. The van der Waals surface area contributed by atoms with Crippen molar-refractivity contribution in [3.8, 4) is 11.3 Å². The zero-order valence-corrected chi connectivity index (χ0v) is 10.3. The second-order valence-corrected chi connectivity index (χ2v) is 4.20. The van der Waals surface area contributed by atoms with Gasteiger partial charge in [0.25, 0.3) is 5.56 Å². The van der Waals surface area contributed by atoms with E-state index in [1.54, 1.807) is 18.2 Å². The first-order chi connectivity index (χ1) is 9.00. The maximum absolute atomic E-state index is 13.7. The van der Waals surface area contributed by atoms with Crippen LogP contribution in [0.5, 0.6) is 0 Å². The smallest absolute Gasteiger partial charge is 0.303 e. The van der Waals surface area contributed by atoms with E-state index in [0.717, 1.165) is 0 Å². The Hall–Kier alpha value is -2.37. The zero-order valence-electron chi connectivity index (χ0n) is 10.3. The average Bonchev–Trinajstić information content (AvgIpc) is 2.64. The van der Waals surface area contributed by atoms with Gasteiger partial charge in [0.2, 0.25) is 0 Å². The first-order valence-corrected chi connectivity index (χ1v) is 5.75. The minimum absolute atomic E-state index is 0.0647. The number of carbonyl (C=O) groups is 1. The SMILES string of the molecule is Cn1[nH]c(-c2ccccc2F)c(CCC(=O)O)c1=O. The van der Waals surface area contributed by atoms with E-state index < -0.39 is 11.8 Å². The van der Waals surface area contributed by atoms with E-state index in [1.807, 2.05) is 0 Å². The number of aromatic amines is 1. The summed E-state index contributed by atoms with van der Waals surface area (Å²) in [5.41, 5.74) is 0.557. The van der Waals surface area contributed by atoms with Gasteiger partial charge in [-0.2, -0.15) is 0 Å². The van der Waals surface area contributed by atoms with Crippen molar-refractivity contribution in [1.82, 2.24) is 9.78 Å². The Bertz CT molecular complexity index is 673. The van der Waals surface area contributed by atoms with Gasteiger partial charge in [-0.25, -0.2) is 4.39 Å². The predicted molar refractivity (Wildman–Crippen MR) is 67.4 cm³/mol. The maximum Gasteiger partial charge on any atom is 0.303 e. The maximum atomic E-state index is 13.7. The molecule has 2 aromatic rings. The fourth-order valence-corrected chi connectivity index (χ4v) is 1.95. The summed E-state index contributed by atoms with van der Waals surface area (Å²) in [6, 6.07) is 6.05. The van der Waals surface area contributed by atoms with Crippen molar-refractivity contribution in [3.05, 3.63) is 46.0 Å². The third-order valence-electron chi connectivity index (χ3n) is 2.88. The Balaban J connectivity index is 2.52. The number of carboxylic acid groups (broad SMARTS) is 1. The Kier molecular flexibility index (Phi) is 3.50. The minimum atomic E-state index is -0.997. The van der Waals surface area contributed by atoms with Crippen LogP contribution in [0.2, 0.25) is 0 Å². The van der Waals surface area contributed by atoms with Crippen molar-refractivity contribution in [2.45, 2.75) is 12.8 Å². The summed E-state index contributed by atoms with van der Waals surface area (Å²) in [4.78, 5) is 22.5. The minimum Gasteiger partial charge on any atom is -0.481 e. The summed E-state index contributed by atoms with van der Waals surface area (Å²) in [5, 5.41) is 11.5. The molecule has 0 aliphatic carbocycles. The Morgan fingerprint density at radius 2 is 2.11 bits per heavy atom. The molecule has 1 heterocycles. The van der Waals surface area contributed by atoms with Crippen LogP contribution in [0.1, 0.15) is 12.0 Å². The number of rotatable bonds is 4. The molecular formula is C13H13FN2O3. The van der Waals surface area contributed by atoms with Gasteiger partial charge in [-0.1, -0.05) is 12.1 Å². The van der Waals surface area contributed by atoms with Gasteiger partial charge in [-0.15, -0.1) is 0 Å². The van der Waals surface area contributed by atoms with Crippen molar-refractivity contribution >= 4 is 5.97 Å². The van der Waals surface area contributed by atoms with Crippen molar-refractivity contribution in [2.24, 2.45) is 7.05 Å². The number of carboxylic acids is 1. The van der Waals surface area contributed by atoms with Crippen LogP contribution >= 0.6 is 0 Å². The molecule has 1 aromatic carbocycles. The molecule has 19 heavy (non-hydrogen) atoms. The Morgan fingerprint density at radius 1 is 1.42 bits per heavy atom. The van der Waals surface area contributed by atoms with Crippen LogP contribution < -0.4 is 5.56 Å². The van der Waals surface area contributed by atoms with Crippen LogP contribution in [0.15, 0.2) is 29.1 Å². The number of aliphatic carboxylic acids is 1. The second kappa shape index (κ2) is 5.09. The molecule has 0 radical (unpaired) electrons. The third-order valence-corrected chi connectivity index (χ3v) is 2.88. The van der Waals surface area contributed by atoms with Gasteiger partial charge >= 0.3 is 5.97 Å². The summed E-state index contributed by atoms with van der Waals surface area (Å²) in [6.07, 6.45) is -0.107. The number of aryl methyl sites for hydroxylation is 1. The first-order valence-electron chi connectivity index (χ1n) is 5.75. The fraction of sp³-hybridized carbons (Fsp3) is 0.231. The summed E-state index contributed by atoms with van der Waals surface area (Å²) in [5.74, 6) is -1.45. The molecule has 2 rings (SSSR count). The standard InChI is InChI=1S/C13H13FN2O3/c1-16-13(19)9(6-7-11(17)18)12(15-16)8-4-2-3-5-10(8)14/h2-5,15H,6-7H2,1H3,(H,17,18). The number of halogens is 1. The van der Waals surface area contributed by atoms with Gasteiger partial charge in [-0.05, 0) is 18.6 Å². The number of aromatic nitrogens is 2. The lowest BCUT2D eigenvalue weighted by molar-refractivity contribution is -0.136. The molecule has 100 valence electrons. The monoisotopic (exact) mass is 264 g/mol. The van der Waals surface area contributed by atoms with Gasteiger partial charge in [0.1, 0.15) is 5.82 Å². The van der Waals surface area contributed by atoms with Crippen molar-refractivity contribution in [1.29, 1.82) is 0 Å². The highest BCUT2D eigenvalue weighted by molar-refractivity contribution is 5.69. The number of benzene rings is 1. The summed E-state index contributed by atoms with van der Waals surface area (Å²) >= 11 is 0. The molecule has 0 aliphatic heterocycles. The highest BCUT2D eigenvalue weighted by atomic mass is 19.1. The number of hydrogen-bond acceptors (Lipinski definition) is 2. The quantitative estimate of drug-likeness (QED) is 0.879. The fourth-order valence-electron chi connectivity index (χ4n) is 1.95. The topological polar surface area (TPSA) is 75.1 Å². The highest BCUT2D eigenvalue weighted by Gasteiger charge is 2.17. The van der Waals surface area contributed by atoms with Gasteiger partial charge in [0, 0.05) is 24.6 Å². The largest absolute Gasteiger partial charge is 0.481 e. The lowest BCUT2D eigenvalue weighted by atomic mass is 10.0. The van der Waals surface area contributed by atoms with Gasteiger partial charge in [-0.3, -0.25) is 19.4 Å². The number of nitrogens with zero attached hydrogens (tertiary/aromatic N) is 1. The normalized spacial score (nSPS) is 10.6. The van der Waals surface area contributed by atoms with Crippen LogP contribution in [0.25, 0.3) is 11.3 Å². The van der Waals surface area contributed by atoms with Gasteiger partial charge in [0.15, 0.2) is 0 Å². The van der Waals surface area contributed by atoms with Gasteiger partial charge in [0.05, 0.1) is 5.69 Å². The Morgan fingerprint density at radius 3 is 2.74 bits per heavy atom. The molecule has 0 saturated heterocycles. The van der Waals surface area contributed by atoms with E-state index in [4.69, 9.17) is 5.11 Å². The number of H-pyrrole nitrogens is 1. The third kappa shape index (κ3) is 2.57. The van der Waals surface area contributed by atoms with Crippen LogP contribution in [0, 0.1) is 5.82 Å². The average molecular weight is 264 g/mol. The van der Waals surface area contributed by atoms with Crippen LogP contribution in [0.3, 0.4) is 0 Å². The van der Waals surface area contributed by atoms with E-state index in [9.17, 15) is 14.0 Å². The summed E-state index contributed by atoms with van der Waals surface area (Å²) < 4.78 is 15.0. The molecule has 1 aromatic heterocycles. The van der Waals surface area contributed by atoms with Crippen LogP contribution in [-0.4, -0.2) is 20.9 Å². The molecule has 2 N–H and O–H groups in total. The van der Waals surface area contributed by atoms with Crippen LogP contribution in [0.4, 0.5) is 4.39 Å². The lowest BCUT2D eigenvalue weighted by Gasteiger charge is -2.02. The molecular weight excluding hydrogens is 251 g/mol. The molecule has 0 aliphatic rings. The Labute approximate surface area is 108 Å². The molecule has 0 fully saturated rings. The van der Waals surface area contributed by atoms with E-state index >= 15 is 0 Å². The molecule has 0 spiro atoms. The van der Waals surface area contributed by atoms with Gasteiger partial charge < -0.3 is 5.11 Å². The predicted octanol–water partition coefficient (Wildman–Crippen LogP) is 1.54. The molecule has 6 heteroatoms. The van der Waals surface area contributed by atoms with E-state index in [0.29, 0.717) is 5.69 Å². The number of hydrogen-bond donors (Lipinski definition) is 2. The van der Waals surface area contributed by atoms with Crippen LogP contribution in [-0.2, 0) is 18.3 Å². The summed E-state index contributed by atoms with van der Waals surface area (Å²) in [6.45, 7) is 0. The van der Waals surface area contributed by atoms with E-state index in [-0.39, 0.29) is 29.5 Å². The van der Waals surface area contributed by atoms with E-state index in [1.165, 1.54) is 17.8 Å². The van der Waals surface area contributed by atoms with E-state index in [2.05, 4.69) is 5.10 Å². The summed E-state index contributed by atoms with van der Waals surface area (Å²) in [7, 11) is 1.51. The second-order valence-electron chi connectivity index (χ2n) is 4.20. The zero-order chi connectivity index (χ0) is 14.0.